The van der Waals surface area contributed by atoms with Crippen LogP contribution in [0.25, 0.3) is 0 Å². The standard InChI is InChI=1S/C11H15N/c1-3-10(2)9-12-11-7-5-4-6-8-11/h3-8,12H,9H2,1-2H3/b10-3+. The van der Waals surface area contributed by atoms with E-state index < -0.39 is 0 Å². The van der Waals surface area contributed by atoms with Gasteiger partial charge in [-0.3, -0.25) is 0 Å². The zero-order valence-electron chi connectivity index (χ0n) is 7.67. The molecule has 0 saturated carbocycles. The van der Waals surface area contributed by atoms with Gasteiger partial charge < -0.3 is 5.32 Å². The van der Waals surface area contributed by atoms with Crippen molar-refractivity contribution in [1.82, 2.24) is 0 Å². The van der Waals surface area contributed by atoms with Gasteiger partial charge in [0.05, 0.1) is 0 Å². The first-order valence-electron chi connectivity index (χ1n) is 4.23. The summed E-state index contributed by atoms with van der Waals surface area (Å²) in [5.74, 6) is 0. The van der Waals surface area contributed by atoms with Crippen molar-refractivity contribution in [3.63, 3.8) is 0 Å². The first-order chi connectivity index (χ1) is 5.83. The number of rotatable bonds is 3. The first kappa shape index (κ1) is 8.85. The Morgan fingerprint density at radius 1 is 1.33 bits per heavy atom. The third-order valence-corrected chi connectivity index (χ3v) is 1.84. The maximum Gasteiger partial charge on any atom is 0.0357 e. The number of para-hydroxylation sites is 1. The molecule has 0 amide bonds. The molecule has 0 fully saturated rings. The van der Waals surface area contributed by atoms with E-state index in [0.29, 0.717) is 0 Å². The number of hydrogen-bond acceptors (Lipinski definition) is 1. The van der Waals surface area contributed by atoms with Crippen LogP contribution in [-0.2, 0) is 0 Å². The van der Waals surface area contributed by atoms with Gasteiger partial charge in [0.2, 0.25) is 0 Å². The molecule has 64 valence electrons. The lowest BCUT2D eigenvalue weighted by atomic mass is 10.2. The second-order valence-electron chi connectivity index (χ2n) is 2.85. The highest BCUT2D eigenvalue weighted by molar-refractivity contribution is 5.43. The molecule has 0 atom stereocenters. The summed E-state index contributed by atoms with van der Waals surface area (Å²) in [6, 6.07) is 10.2. The van der Waals surface area contributed by atoms with Gasteiger partial charge in [0.15, 0.2) is 0 Å². The van der Waals surface area contributed by atoms with Crippen LogP contribution in [0.4, 0.5) is 5.69 Å². The van der Waals surface area contributed by atoms with Crippen molar-refractivity contribution in [3.8, 4) is 0 Å². The Morgan fingerprint density at radius 3 is 2.58 bits per heavy atom. The topological polar surface area (TPSA) is 12.0 Å². The normalized spacial score (nSPS) is 11.3. The van der Waals surface area contributed by atoms with Gasteiger partial charge in [-0.05, 0) is 26.0 Å². The molecule has 1 aromatic rings. The van der Waals surface area contributed by atoms with E-state index in [1.54, 1.807) is 0 Å². The Bertz CT molecular complexity index is 249. The Hall–Kier alpha value is -1.24. The predicted octanol–water partition coefficient (Wildman–Crippen LogP) is 3.06. The minimum absolute atomic E-state index is 0.931. The molecule has 0 aliphatic heterocycles. The molecule has 0 bridgehead atoms. The maximum absolute atomic E-state index is 3.33. The lowest BCUT2D eigenvalue weighted by molar-refractivity contribution is 1.19. The SMILES string of the molecule is C/C=C(\C)CNc1ccccc1. The van der Waals surface area contributed by atoms with Crippen molar-refractivity contribution in [2.24, 2.45) is 0 Å². The van der Waals surface area contributed by atoms with E-state index in [1.165, 1.54) is 11.3 Å². The fourth-order valence-corrected chi connectivity index (χ4v) is 0.900. The molecule has 1 N–H and O–H groups in total. The van der Waals surface area contributed by atoms with Crippen LogP contribution < -0.4 is 5.32 Å². The largest absolute Gasteiger partial charge is 0.381 e. The molecular formula is C11H15N. The van der Waals surface area contributed by atoms with E-state index in [9.17, 15) is 0 Å². The van der Waals surface area contributed by atoms with Gasteiger partial charge in [0.25, 0.3) is 0 Å². The molecule has 0 heterocycles. The number of allylic oxidation sites excluding steroid dienone is 1. The highest BCUT2D eigenvalue weighted by Gasteiger charge is 1.88. The van der Waals surface area contributed by atoms with Crippen molar-refractivity contribution < 1.29 is 0 Å². The summed E-state index contributed by atoms with van der Waals surface area (Å²) in [5.41, 5.74) is 2.54. The number of nitrogens with one attached hydrogen (secondary N) is 1. The van der Waals surface area contributed by atoms with Crippen molar-refractivity contribution >= 4 is 5.69 Å². The van der Waals surface area contributed by atoms with Crippen LogP contribution in [0.3, 0.4) is 0 Å². The molecule has 0 aliphatic carbocycles. The highest BCUT2D eigenvalue weighted by Crippen LogP contribution is 2.05. The molecular weight excluding hydrogens is 146 g/mol. The van der Waals surface area contributed by atoms with Crippen LogP contribution >= 0.6 is 0 Å². The highest BCUT2D eigenvalue weighted by atomic mass is 14.9. The van der Waals surface area contributed by atoms with Crippen molar-refractivity contribution in [2.45, 2.75) is 13.8 Å². The Labute approximate surface area is 74.1 Å². The minimum Gasteiger partial charge on any atom is -0.381 e. The van der Waals surface area contributed by atoms with Crippen LogP contribution in [-0.4, -0.2) is 6.54 Å². The van der Waals surface area contributed by atoms with Gasteiger partial charge in [-0.15, -0.1) is 0 Å². The van der Waals surface area contributed by atoms with Gasteiger partial charge in [-0.25, -0.2) is 0 Å². The van der Waals surface area contributed by atoms with E-state index >= 15 is 0 Å². The van der Waals surface area contributed by atoms with Crippen LogP contribution in [0, 0.1) is 0 Å². The summed E-state index contributed by atoms with van der Waals surface area (Å²) >= 11 is 0. The second-order valence-corrected chi connectivity index (χ2v) is 2.85. The fourth-order valence-electron chi connectivity index (χ4n) is 0.900. The second kappa shape index (κ2) is 4.60. The Morgan fingerprint density at radius 2 is 2.00 bits per heavy atom. The first-order valence-corrected chi connectivity index (χ1v) is 4.23. The molecule has 1 aromatic carbocycles. The predicted molar refractivity (Wildman–Crippen MR) is 54.4 cm³/mol. The molecule has 1 rings (SSSR count). The summed E-state index contributed by atoms with van der Waals surface area (Å²) in [4.78, 5) is 0. The van der Waals surface area contributed by atoms with Crippen molar-refractivity contribution in [2.75, 3.05) is 11.9 Å². The third-order valence-electron chi connectivity index (χ3n) is 1.84. The summed E-state index contributed by atoms with van der Waals surface area (Å²) in [6.45, 7) is 5.11. The lowest BCUT2D eigenvalue weighted by Gasteiger charge is -2.05. The van der Waals surface area contributed by atoms with Gasteiger partial charge in [-0.1, -0.05) is 29.8 Å². The minimum atomic E-state index is 0.931. The van der Waals surface area contributed by atoms with Gasteiger partial charge in [-0.2, -0.15) is 0 Å². The summed E-state index contributed by atoms with van der Waals surface area (Å²) in [5, 5.41) is 3.33. The van der Waals surface area contributed by atoms with E-state index in [2.05, 4.69) is 37.4 Å². The van der Waals surface area contributed by atoms with Gasteiger partial charge in [0.1, 0.15) is 0 Å². The van der Waals surface area contributed by atoms with E-state index in [1.807, 2.05) is 18.2 Å². The van der Waals surface area contributed by atoms with Crippen LogP contribution in [0.1, 0.15) is 13.8 Å². The van der Waals surface area contributed by atoms with Crippen LogP contribution in [0.5, 0.6) is 0 Å². The third kappa shape index (κ3) is 2.79. The number of hydrogen-bond donors (Lipinski definition) is 1. The molecule has 0 aliphatic rings. The smallest absolute Gasteiger partial charge is 0.0357 e. The van der Waals surface area contributed by atoms with Gasteiger partial charge in [0, 0.05) is 12.2 Å². The molecule has 0 spiro atoms. The molecule has 12 heavy (non-hydrogen) atoms. The number of benzene rings is 1. The average Bonchev–Trinajstić information content (AvgIpc) is 2.16. The van der Waals surface area contributed by atoms with Crippen LogP contribution in [0.15, 0.2) is 42.0 Å². The van der Waals surface area contributed by atoms with Gasteiger partial charge >= 0.3 is 0 Å². The molecule has 0 aromatic heterocycles. The zero-order valence-corrected chi connectivity index (χ0v) is 7.67. The van der Waals surface area contributed by atoms with E-state index in [4.69, 9.17) is 0 Å². The van der Waals surface area contributed by atoms with Crippen LogP contribution in [0.2, 0.25) is 0 Å². The zero-order chi connectivity index (χ0) is 8.81. The summed E-state index contributed by atoms with van der Waals surface area (Å²) < 4.78 is 0. The summed E-state index contributed by atoms with van der Waals surface area (Å²) in [7, 11) is 0. The molecule has 0 saturated heterocycles. The molecule has 1 nitrogen and oxygen atoms in total. The maximum atomic E-state index is 3.33. The number of anilines is 1. The van der Waals surface area contributed by atoms with Crippen molar-refractivity contribution in [1.29, 1.82) is 0 Å². The quantitative estimate of drug-likeness (QED) is 0.672. The summed E-state index contributed by atoms with van der Waals surface area (Å²) in [6.07, 6.45) is 2.12. The molecule has 0 radical (unpaired) electrons. The Kier molecular flexibility index (Phi) is 3.39. The van der Waals surface area contributed by atoms with E-state index in [0.717, 1.165) is 6.54 Å². The van der Waals surface area contributed by atoms with E-state index in [-0.39, 0.29) is 0 Å². The average molecular weight is 161 g/mol. The lowest BCUT2D eigenvalue weighted by Crippen LogP contribution is -2.01. The molecule has 1 heteroatoms. The fraction of sp³-hybridized carbons (Fsp3) is 0.273. The Balaban J connectivity index is 2.44. The van der Waals surface area contributed by atoms with Crippen molar-refractivity contribution in [3.05, 3.63) is 42.0 Å². The monoisotopic (exact) mass is 161 g/mol. The molecule has 0 unspecified atom stereocenters.